The molecule has 0 amide bonds. The normalized spacial score (nSPS) is 12.3. The minimum Gasteiger partial charge on any atom is -0.263 e. The Labute approximate surface area is 179 Å². The van der Waals surface area contributed by atoms with Crippen LogP contribution in [0.3, 0.4) is 0 Å². The van der Waals surface area contributed by atoms with Crippen LogP contribution in [0.1, 0.15) is 26.3 Å². The summed E-state index contributed by atoms with van der Waals surface area (Å²) in [7, 11) is -3.81. The molecule has 1 N–H and O–H groups in total. The van der Waals surface area contributed by atoms with E-state index in [1.807, 2.05) is 12.1 Å². The molecule has 3 heterocycles. The summed E-state index contributed by atoms with van der Waals surface area (Å²) in [5.74, 6) is 0.280. The van der Waals surface area contributed by atoms with Gasteiger partial charge in [0.1, 0.15) is 5.82 Å². The number of pyridine rings is 1. The first-order valence-corrected chi connectivity index (χ1v) is 11.1. The number of fused-ring (bicyclic) bond motifs is 1. The summed E-state index contributed by atoms with van der Waals surface area (Å²) in [5, 5.41) is 12.6. The standard InChI is InChI=1S/C21H20ClN5O2S/c1-21(2,3)15-4-6-16(7-5-15)30(28,29)26-20-9-8-17(22)19-12-18(25-27(19)20)14-10-11-23-24-13-14/h4-13,26H,1-3H3. The van der Waals surface area contributed by atoms with Crippen molar-refractivity contribution in [1.29, 1.82) is 0 Å². The van der Waals surface area contributed by atoms with Crippen LogP contribution < -0.4 is 4.72 Å². The highest BCUT2D eigenvalue weighted by atomic mass is 35.5. The molecule has 4 rings (SSSR count). The van der Waals surface area contributed by atoms with E-state index in [0.29, 0.717) is 16.2 Å². The summed E-state index contributed by atoms with van der Waals surface area (Å²) < 4.78 is 30.0. The molecule has 0 aliphatic carbocycles. The smallest absolute Gasteiger partial charge is 0.263 e. The fourth-order valence-electron chi connectivity index (χ4n) is 3.03. The minimum absolute atomic E-state index is 0.0641. The molecule has 0 fully saturated rings. The van der Waals surface area contributed by atoms with Crippen LogP contribution >= 0.6 is 11.6 Å². The lowest BCUT2D eigenvalue weighted by molar-refractivity contribution is 0.587. The number of hydrogen-bond donors (Lipinski definition) is 1. The molecule has 0 radical (unpaired) electrons. The third-order valence-electron chi connectivity index (χ3n) is 4.72. The lowest BCUT2D eigenvalue weighted by atomic mass is 9.87. The summed E-state index contributed by atoms with van der Waals surface area (Å²) in [4.78, 5) is 0.171. The Kier molecular flexibility index (Phi) is 4.99. The summed E-state index contributed by atoms with van der Waals surface area (Å²) >= 11 is 6.31. The molecule has 0 spiro atoms. The zero-order chi connectivity index (χ0) is 21.5. The number of anilines is 1. The number of hydrogen-bond acceptors (Lipinski definition) is 5. The number of halogens is 1. The molecule has 0 saturated heterocycles. The Bertz CT molecular complexity index is 1310. The average molecular weight is 442 g/mol. The maximum Gasteiger partial charge on any atom is 0.263 e. The quantitative estimate of drug-likeness (QED) is 0.502. The minimum atomic E-state index is -3.81. The largest absolute Gasteiger partial charge is 0.263 e. The van der Waals surface area contributed by atoms with Gasteiger partial charge in [-0.25, -0.2) is 12.9 Å². The lowest BCUT2D eigenvalue weighted by Crippen LogP contribution is -2.16. The molecule has 0 aliphatic rings. The van der Waals surface area contributed by atoms with Crippen LogP contribution in [0.15, 0.2) is 65.8 Å². The van der Waals surface area contributed by atoms with E-state index < -0.39 is 10.0 Å². The van der Waals surface area contributed by atoms with Gasteiger partial charge in [0.25, 0.3) is 10.0 Å². The number of nitrogens with zero attached hydrogens (tertiary/aromatic N) is 4. The fraction of sp³-hybridized carbons (Fsp3) is 0.190. The van der Waals surface area contributed by atoms with E-state index in [9.17, 15) is 8.42 Å². The van der Waals surface area contributed by atoms with Crippen molar-refractivity contribution in [2.24, 2.45) is 0 Å². The Morgan fingerprint density at radius 3 is 2.37 bits per heavy atom. The first kappa shape index (κ1) is 20.3. The molecule has 30 heavy (non-hydrogen) atoms. The maximum absolute atomic E-state index is 13.0. The zero-order valence-electron chi connectivity index (χ0n) is 16.7. The van der Waals surface area contributed by atoms with Crippen LogP contribution in [0.5, 0.6) is 0 Å². The van der Waals surface area contributed by atoms with Gasteiger partial charge in [0.2, 0.25) is 0 Å². The number of nitrogens with one attached hydrogen (secondary N) is 1. The second kappa shape index (κ2) is 7.37. The Balaban J connectivity index is 1.73. The van der Waals surface area contributed by atoms with Crippen molar-refractivity contribution >= 4 is 33.0 Å². The number of sulfonamides is 1. The summed E-state index contributed by atoms with van der Waals surface area (Å²) in [6.07, 6.45) is 3.14. The topological polar surface area (TPSA) is 89.2 Å². The van der Waals surface area contributed by atoms with Gasteiger partial charge in [-0.15, -0.1) is 0 Å². The van der Waals surface area contributed by atoms with Crippen LogP contribution in [0.4, 0.5) is 5.82 Å². The highest BCUT2D eigenvalue weighted by molar-refractivity contribution is 7.92. The molecule has 154 valence electrons. The van der Waals surface area contributed by atoms with Gasteiger partial charge < -0.3 is 0 Å². The zero-order valence-corrected chi connectivity index (χ0v) is 18.2. The predicted octanol–water partition coefficient (Wildman–Crippen LogP) is 4.54. The fourth-order valence-corrected chi connectivity index (χ4v) is 4.27. The Morgan fingerprint density at radius 2 is 1.73 bits per heavy atom. The van der Waals surface area contributed by atoms with Crippen molar-refractivity contribution in [3.63, 3.8) is 0 Å². The van der Waals surface area contributed by atoms with E-state index in [4.69, 9.17) is 11.6 Å². The first-order valence-electron chi connectivity index (χ1n) is 9.24. The molecule has 3 aromatic heterocycles. The van der Waals surface area contributed by atoms with Gasteiger partial charge in [-0.1, -0.05) is 44.5 Å². The highest BCUT2D eigenvalue weighted by Gasteiger charge is 2.20. The monoisotopic (exact) mass is 441 g/mol. The molecular weight excluding hydrogens is 422 g/mol. The molecular formula is C21H20ClN5O2S. The van der Waals surface area contributed by atoms with Crippen LogP contribution in [0.2, 0.25) is 5.02 Å². The summed E-state index contributed by atoms with van der Waals surface area (Å²) in [6.45, 7) is 6.23. The second-order valence-corrected chi connectivity index (χ2v) is 9.99. The van der Waals surface area contributed by atoms with Crippen molar-refractivity contribution in [2.75, 3.05) is 4.72 Å². The molecule has 9 heteroatoms. The SMILES string of the molecule is CC(C)(C)c1ccc(S(=O)(=O)Nc2ccc(Cl)c3cc(-c4ccnnc4)nn23)cc1. The molecule has 7 nitrogen and oxygen atoms in total. The van der Waals surface area contributed by atoms with Gasteiger partial charge in [-0.05, 0) is 47.4 Å². The van der Waals surface area contributed by atoms with E-state index in [1.165, 1.54) is 4.52 Å². The van der Waals surface area contributed by atoms with Gasteiger partial charge in [-0.3, -0.25) is 4.72 Å². The number of aromatic nitrogens is 4. The average Bonchev–Trinajstić information content (AvgIpc) is 3.17. The molecule has 4 aromatic rings. The van der Waals surface area contributed by atoms with E-state index in [1.54, 1.807) is 48.8 Å². The van der Waals surface area contributed by atoms with Crippen molar-refractivity contribution in [2.45, 2.75) is 31.1 Å². The van der Waals surface area contributed by atoms with Gasteiger partial charge in [0.05, 0.1) is 33.5 Å². The second-order valence-electron chi connectivity index (χ2n) is 7.90. The van der Waals surface area contributed by atoms with E-state index >= 15 is 0 Å². The predicted molar refractivity (Wildman–Crippen MR) is 117 cm³/mol. The molecule has 0 aliphatic heterocycles. The first-order chi connectivity index (χ1) is 14.1. The Hall–Kier alpha value is -2.97. The lowest BCUT2D eigenvalue weighted by Gasteiger charge is -2.19. The van der Waals surface area contributed by atoms with E-state index in [-0.39, 0.29) is 16.1 Å². The van der Waals surface area contributed by atoms with Gasteiger partial charge in [0.15, 0.2) is 0 Å². The molecule has 0 atom stereocenters. The molecule has 0 saturated carbocycles. The number of benzene rings is 1. The van der Waals surface area contributed by atoms with E-state index in [2.05, 4.69) is 40.8 Å². The van der Waals surface area contributed by atoms with Gasteiger partial charge >= 0.3 is 0 Å². The van der Waals surface area contributed by atoms with E-state index in [0.717, 1.165) is 11.1 Å². The van der Waals surface area contributed by atoms with Crippen LogP contribution in [0, 0.1) is 0 Å². The molecule has 0 unspecified atom stereocenters. The summed E-state index contributed by atoms with van der Waals surface area (Å²) in [5.41, 5.74) is 2.92. The molecule has 1 aromatic carbocycles. The van der Waals surface area contributed by atoms with Crippen LogP contribution in [-0.2, 0) is 15.4 Å². The Morgan fingerprint density at radius 1 is 1.00 bits per heavy atom. The maximum atomic E-state index is 13.0. The van der Waals surface area contributed by atoms with Crippen molar-refractivity contribution in [3.05, 3.63) is 71.5 Å². The van der Waals surface area contributed by atoms with Crippen LogP contribution in [0.25, 0.3) is 16.8 Å². The van der Waals surface area contributed by atoms with Crippen LogP contribution in [-0.4, -0.2) is 28.2 Å². The molecule has 0 bridgehead atoms. The van der Waals surface area contributed by atoms with Crippen molar-refractivity contribution < 1.29 is 8.42 Å². The summed E-state index contributed by atoms with van der Waals surface area (Å²) in [6, 6.07) is 13.6. The van der Waals surface area contributed by atoms with Gasteiger partial charge in [-0.2, -0.15) is 15.3 Å². The highest BCUT2D eigenvalue weighted by Crippen LogP contribution is 2.28. The third-order valence-corrected chi connectivity index (χ3v) is 6.41. The third kappa shape index (κ3) is 3.88. The van der Waals surface area contributed by atoms with Crippen molar-refractivity contribution in [3.8, 4) is 11.3 Å². The van der Waals surface area contributed by atoms with Crippen molar-refractivity contribution in [1.82, 2.24) is 19.8 Å². The number of rotatable bonds is 4. The van der Waals surface area contributed by atoms with Gasteiger partial charge in [0, 0.05) is 5.56 Å².